The summed E-state index contributed by atoms with van der Waals surface area (Å²) in [5.74, 6) is 0.563. The van der Waals surface area contributed by atoms with E-state index < -0.39 is 0 Å². The maximum absolute atomic E-state index is 4.26. The first kappa shape index (κ1) is 11.8. The molecule has 2 nitrogen and oxygen atoms in total. The highest BCUT2D eigenvalue weighted by Crippen LogP contribution is 2.24. The van der Waals surface area contributed by atoms with Crippen LogP contribution in [0.25, 0.3) is 10.9 Å². The predicted molar refractivity (Wildman–Crippen MR) is 66.2 cm³/mol. The lowest BCUT2D eigenvalue weighted by atomic mass is 10.00. The van der Waals surface area contributed by atoms with Gasteiger partial charge < -0.3 is 0 Å². The minimum atomic E-state index is 0.563. The Morgan fingerprint density at radius 3 is 2.47 bits per heavy atom. The van der Waals surface area contributed by atoms with E-state index >= 15 is 0 Å². The van der Waals surface area contributed by atoms with Crippen LogP contribution in [0, 0.1) is 0 Å². The number of hydrogen-bond acceptors (Lipinski definition) is 1. The minimum Gasteiger partial charge on any atom is -0.268 e. The third-order valence-corrected chi connectivity index (χ3v) is 2.45. The first-order valence-electron chi connectivity index (χ1n) is 5.61. The smallest absolute Gasteiger partial charge is 0.0681 e. The molecular formula is C13H20N2. The van der Waals surface area contributed by atoms with Crippen molar-refractivity contribution < 1.29 is 0 Å². The highest BCUT2D eigenvalue weighted by atomic mass is 15.2. The second-order valence-corrected chi connectivity index (χ2v) is 3.70. The van der Waals surface area contributed by atoms with Crippen LogP contribution < -0.4 is 0 Å². The average Bonchev–Trinajstić information content (AvgIpc) is 2.63. The summed E-state index contributed by atoms with van der Waals surface area (Å²) in [6, 6.07) is 6.38. The zero-order valence-corrected chi connectivity index (χ0v) is 10.3. The van der Waals surface area contributed by atoms with Gasteiger partial charge in [-0.3, -0.25) is 4.68 Å². The number of hydrogen-bond donors (Lipinski definition) is 0. The topological polar surface area (TPSA) is 17.8 Å². The molecule has 2 rings (SSSR count). The molecule has 15 heavy (non-hydrogen) atoms. The molecule has 2 aromatic rings. The fourth-order valence-corrected chi connectivity index (χ4v) is 1.70. The van der Waals surface area contributed by atoms with Gasteiger partial charge in [-0.05, 0) is 17.5 Å². The summed E-state index contributed by atoms with van der Waals surface area (Å²) in [5, 5.41) is 5.53. The molecule has 2 heteroatoms. The summed E-state index contributed by atoms with van der Waals surface area (Å²) in [5.41, 5.74) is 2.59. The number of rotatable bonds is 1. The second-order valence-electron chi connectivity index (χ2n) is 3.70. The molecule has 0 unspecified atom stereocenters. The largest absolute Gasteiger partial charge is 0.268 e. The molecule has 0 fully saturated rings. The van der Waals surface area contributed by atoms with Crippen LogP contribution in [-0.4, -0.2) is 9.78 Å². The Balaban J connectivity index is 0.000000531. The van der Waals surface area contributed by atoms with Crippen LogP contribution in [0.5, 0.6) is 0 Å². The average molecular weight is 204 g/mol. The van der Waals surface area contributed by atoms with Crippen molar-refractivity contribution in [2.24, 2.45) is 7.05 Å². The van der Waals surface area contributed by atoms with Gasteiger partial charge in [-0.15, -0.1) is 0 Å². The summed E-state index contributed by atoms with van der Waals surface area (Å²) in [7, 11) is 1.98. The van der Waals surface area contributed by atoms with Gasteiger partial charge in [0, 0.05) is 12.4 Å². The van der Waals surface area contributed by atoms with Crippen molar-refractivity contribution in [3.63, 3.8) is 0 Å². The molecular weight excluding hydrogens is 184 g/mol. The van der Waals surface area contributed by atoms with Crippen LogP contribution in [0.2, 0.25) is 0 Å². The molecule has 82 valence electrons. The normalized spacial score (nSPS) is 10.3. The predicted octanol–water partition coefficient (Wildman–Crippen LogP) is 3.72. The van der Waals surface area contributed by atoms with Crippen LogP contribution >= 0.6 is 0 Å². The van der Waals surface area contributed by atoms with E-state index in [1.165, 1.54) is 16.5 Å². The number of fused-ring (bicyclic) bond motifs is 1. The molecule has 0 radical (unpaired) electrons. The van der Waals surface area contributed by atoms with E-state index in [4.69, 9.17) is 0 Å². The van der Waals surface area contributed by atoms with Gasteiger partial charge in [-0.2, -0.15) is 5.10 Å². The van der Waals surface area contributed by atoms with E-state index in [2.05, 4.69) is 37.1 Å². The van der Waals surface area contributed by atoms with Crippen LogP contribution in [0.4, 0.5) is 0 Å². The lowest BCUT2D eigenvalue weighted by Crippen LogP contribution is -1.90. The summed E-state index contributed by atoms with van der Waals surface area (Å²) in [6.07, 6.45) is 1.95. The van der Waals surface area contributed by atoms with Gasteiger partial charge in [-0.1, -0.05) is 39.8 Å². The van der Waals surface area contributed by atoms with Gasteiger partial charge in [-0.25, -0.2) is 0 Å². The maximum Gasteiger partial charge on any atom is 0.0681 e. The maximum atomic E-state index is 4.26. The van der Waals surface area contributed by atoms with Gasteiger partial charge in [0.2, 0.25) is 0 Å². The molecule has 0 saturated heterocycles. The highest BCUT2D eigenvalue weighted by Gasteiger charge is 2.06. The van der Waals surface area contributed by atoms with Crippen molar-refractivity contribution >= 4 is 10.9 Å². The van der Waals surface area contributed by atoms with Crippen molar-refractivity contribution in [3.05, 3.63) is 30.0 Å². The lowest BCUT2D eigenvalue weighted by Gasteiger charge is -2.06. The SMILES string of the molecule is CC.CC(C)c1cccc2c1cnn2C. The molecule has 1 aromatic heterocycles. The standard InChI is InChI=1S/C11H14N2.C2H6/c1-8(2)9-5-4-6-11-10(9)7-12-13(11)3;1-2/h4-8H,1-3H3;1-2H3. The summed E-state index contributed by atoms with van der Waals surface area (Å²) >= 11 is 0. The van der Waals surface area contributed by atoms with Gasteiger partial charge in [0.25, 0.3) is 0 Å². The monoisotopic (exact) mass is 204 g/mol. The molecule has 0 N–H and O–H groups in total. The Hall–Kier alpha value is -1.31. The summed E-state index contributed by atoms with van der Waals surface area (Å²) < 4.78 is 1.92. The molecule has 1 aromatic carbocycles. The Labute approximate surface area is 91.9 Å². The van der Waals surface area contributed by atoms with Crippen molar-refractivity contribution in [3.8, 4) is 0 Å². The van der Waals surface area contributed by atoms with E-state index in [9.17, 15) is 0 Å². The first-order valence-corrected chi connectivity index (χ1v) is 5.61. The molecule has 0 spiro atoms. The molecule has 0 bridgehead atoms. The molecule has 0 amide bonds. The summed E-state index contributed by atoms with van der Waals surface area (Å²) in [4.78, 5) is 0. The molecule has 0 aliphatic rings. The molecule has 0 aliphatic heterocycles. The van der Waals surface area contributed by atoms with Gasteiger partial charge >= 0.3 is 0 Å². The van der Waals surface area contributed by atoms with Crippen LogP contribution in [0.1, 0.15) is 39.2 Å². The Kier molecular flexibility index (Phi) is 3.89. The van der Waals surface area contributed by atoms with E-state index in [0.717, 1.165) is 0 Å². The van der Waals surface area contributed by atoms with Crippen molar-refractivity contribution in [2.75, 3.05) is 0 Å². The molecule has 0 saturated carbocycles. The van der Waals surface area contributed by atoms with Gasteiger partial charge in [0.1, 0.15) is 0 Å². The van der Waals surface area contributed by atoms with E-state index in [1.807, 2.05) is 31.8 Å². The van der Waals surface area contributed by atoms with Crippen LogP contribution in [0.15, 0.2) is 24.4 Å². The van der Waals surface area contributed by atoms with Crippen molar-refractivity contribution in [2.45, 2.75) is 33.6 Å². The van der Waals surface area contributed by atoms with Gasteiger partial charge in [0.05, 0.1) is 11.7 Å². The second kappa shape index (κ2) is 4.96. The Morgan fingerprint density at radius 1 is 1.20 bits per heavy atom. The minimum absolute atomic E-state index is 0.563. The molecule has 0 atom stereocenters. The third-order valence-electron chi connectivity index (χ3n) is 2.45. The molecule has 0 aliphatic carbocycles. The van der Waals surface area contributed by atoms with Crippen LogP contribution in [-0.2, 0) is 7.05 Å². The number of nitrogens with zero attached hydrogens (tertiary/aromatic N) is 2. The quantitative estimate of drug-likeness (QED) is 0.692. The Morgan fingerprint density at radius 2 is 1.87 bits per heavy atom. The molecule has 1 heterocycles. The fraction of sp³-hybridized carbons (Fsp3) is 0.462. The zero-order valence-electron chi connectivity index (χ0n) is 10.3. The third kappa shape index (κ3) is 2.20. The van der Waals surface area contributed by atoms with E-state index in [1.54, 1.807) is 0 Å². The number of aryl methyl sites for hydroxylation is 1. The van der Waals surface area contributed by atoms with Crippen molar-refractivity contribution in [1.82, 2.24) is 9.78 Å². The van der Waals surface area contributed by atoms with E-state index in [0.29, 0.717) is 5.92 Å². The van der Waals surface area contributed by atoms with Crippen LogP contribution in [0.3, 0.4) is 0 Å². The number of benzene rings is 1. The summed E-state index contributed by atoms with van der Waals surface area (Å²) in [6.45, 7) is 8.42. The fourth-order valence-electron chi connectivity index (χ4n) is 1.70. The lowest BCUT2D eigenvalue weighted by molar-refractivity contribution is 0.797. The first-order chi connectivity index (χ1) is 7.20. The van der Waals surface area contributed by atoms with Gasteiger partial charge in [0.15, 0.2) is 0 Å². The Bertz CT molecular complexity index is 427. The van der Waals surface area contributed by atoms with E-state index in [-0.39, 0.29) is 0 Å². The van der Waals surface area contributed by atoms with Crippen molar-refractivity contribution in [1.29, 1.82) is 0 Å². The highest BCUT2D eigenvalue weighted by molar-refractivity contribution is 5.82. The number of aromatic nitrogens is 2. The zero-order chi connectivity index (χ0) is 11.4.